The zero-order chi connectivity index (χ0) is 29.4. The summed E-state index contributed by atoms with van der Waals surface area (Å²) in [5.41, 5.74) is 8.68. The fourth-order valence-corrected chi connectivity index (χ4v) is 5.51. The first kappa shape index (κ1) is 27.6. The molecule has 214 valence electrons. The van der Waals surface area contributed by atoms with Crippen molar-refractivity contribution in [2.45, 2.75) is 25.3 Å². The minimum Gasteiger partial charge on any atom is -0.410 e. The number of primary amides is 1. The van der Waals surface area contributed by atoms with E-state index in [1.807, 2.05) is 6.07 Å². The molecule has 5 aromatic rings. The summed E-state index contributed by atoms with van der Waals surface area (Å²) in [6.45, 7) is 0.406. The number of imidazole rings is 1. The first-order valence-corrected chi connectivity index (χ1v) is 13.6. The Morgan fingerprint density at radius 1 is 1.17 bits per heavy atom. The van der Waals surface area contributed by atoms with Crippen molar-refractivity contribution in [2.24, 2.45) is 5.73 Å². The summed E-state index contributed by atoms with van der Waals surface area (Å²) in [5, 5.41) is 12.1. The number of H-pyrrole nitrogens is 1. The Morgan fingerprint density at radius 3 is 2.79 bits per heavy atom. The van der Waals surface area contributed by atoms with Gasteiger partial charge in [0.2, 0.25) is 0 Å². The highest BCUT2D eigenvalue weighted by Crippen LogP contribution is 2.36. The highest BCUT2D eigenvalue weighted by atomic mass is 35.5. The van der Waals surface area contributed by atoms with Gasteiger partial charge in [-0.25, -0.2) is 14.8 Å². The first-order valence-electron chi connectivity index (χ1n) is 12.8. The van der Waals surface area contributed by atoms with Gasteiger partial charge in [-0.2, -0.15) is 4.68 Å². The van der Waals surface area contributed by atoms with Crippen molar-refractivity contribution < 1.29 is 14.3 Å². The molecule has 0 aliphatic carbocycles. The number of tetrazole rings is 1. The Bertz CT molecular complexity index is 1850. The van der Waals surface area contributed by atoms with Gasteiger partial charge in [0.1, 0.15) is 23.7 Å². The van der Waals surface area contributed by atoms with Crippen LogP contribution in [0.5, 0.6) is 5.75 Å². The van der Waals surface area contributed by atoms with E-state index in [1.54, 1.807) is 42.0 Å². The molecule has 1 aliphatic heterocycles. The lowest BCUT2D eigenvalue weighted by Crippen LogP contribution is -2.25. The number of benzene rings is 2. The summed E-state index contributed by atoms with van der Waals surface area (Å²) in [4.78, 5) is 37.5. The zero-order valence-corrected chi connectivity index (χ0v) is 23.6. The van der Waals surface area contributed by atoms with Crippen LogP contribution < -0.4 is 16.0 Å². The van der Waals surface area contributed by atoms with Crippen molar-refractivity contribution in [3.8, 4) is 34.0 Å². The summed E-state index contributed by atoms with van der Waals surface area (Å²) in [6, 6.07) is 11.5. The third-order valence-electron chi connectivity index (χ3n) is 6.94. The number of hydrogen-bond donors (Lipinski definition) is 2. The number of carbonyl (C=O) groups excluding carboxylic acids is 1. The molecule has 0 saturated heterocycles. The van der Waals surface area contributed by atoms with Crippen molar-refractivity contribution in [1.82, 2.24) is 39.7 Å². The van der Waals surface area contributed by atoms with Crippen molar-refractivity contribution >= 4 is 29.3 Å². The lowest BCUT2D eigenvalue weighted by molar-refractivity contribution is 0.198. The van der Waals surface area contributed by atoms with Gasteiger partial charge < -0.3 is 20.2 Å². The van der Waals surface area contributed by atoms with E-state index in [-0.39, 0.29) is 10.7 Å². The average molecular weight is 608 g/mol. The molecule has 1 amide bonds. The fraction of sp³-hybridized carbons (Fsp3) is 0.222. The summed E-state index contributed by atoms with van der Waals surface area (Å²) < 4.78 is 13.4. The quantitative estimate of drug-likeness (QED) is 0.266. The van der Waals surface area contributed by atoms with Gasteiger partial charge in [-0.15, -0.1) is 5.10 Å². The van der Waals surface area contributed by atoms with Gasteiger partial charge in [0.25, 0.3) is 5.56 Å². The Hall–Kier alpha value is -4.59. The molecular weight excluding hydrogens is 585 g/mol. The zero-order valence-electron chi connectivity index (χ0n) is 22.1. The Morgan fingerprint density at radius 2 is 2.02 bits per heavy atom. The van der Waals surface area contributed by atoms with Crippen LogP contribution >= 0.6 is 23.2 Å². The number of hydrogen-bond acceptors (Lipinski definition) is 9. The second-order valence-electron chi connectivity index (χ2n) is 9.51. The van der Waals surface area contributed by atoms with E-state index in [2.05, 4.69) is 25.5 Å². The van der Waals surface area contributed by atoms with Crippen molar-refractivity contribution in [3.05, 3.63) is 86.5 Å². The molecule has 0 fully saturated rings. The molecule has 42 heavy (non-hydrogen) atoms. The average Bonchev–Trinajstić information content (AvgIpc) is 3.72. The van der Waals surface area contributed by atoms with E-state index >= 15 is 0 Å². The van der Waals surface area contributed by atoms with Gasteiger partial charge in [0, 0.05) is 35.7 Å². The van der Waals surface area contributed by atoms with Crippen LogP contribution in [-0.4, -0.2) is 59.5 Å². The van der Waals surface area contributed by atoms with Gasteiger partial charge in [-0.1, -0.05) is 23.2 Å². The number of ether oxygens (including phenoxy) is 2. The number of methoxy groups -OCH3 is 1. The predicted octanol–water partition coefficient (Wildman–Crippen LogP) is 3.76. The SMILES string of the molecule is COCCc1cc(-c2[nH]c([C@@H]3CCc4nc(-c5cc(Cl)ccc5-n5cnnn5)cc(=O)n43)nc2Cl)ccc1OC(N)=O. The molecule has 4 heterocycles. The number of amides is 1. The first-order chi connectivity index (χ1) is 20.3. The Kier molecular flexibility index (Phi) is 7.45. The molecule has 1 aliphatic rings. The van der Waals surface area contributed by atoms with Crippen LogP contribution in [0.2, 0.25) is 10.2 Å². The standard InChI is InChI=1S/C27H23Cl2N9O4/c1-41-9-8-14-10-15(2-6-21(14)42-27(30)40)24-25(29)34-26(33-24)20-5-7-22-32-18(12-23(39)38(20)22)17-11-16(28)3-4-19(17)37-13-31-35-36-37/h2-4,6,10-13,20H,5,7-9H2,1H3,(H2,30,40)(H,33,34)/t20-/m0/s1. The maximum Gasteiger partial charge on any atom is 0.409 e. The van der Waals surface area contributed by atoms with Crippen LogP contribution in [0.15, 0.2) is 53.6 Å². The van der Waals surface area contributed by atoms with Crippen LogP contribution in [0.1, 0.15) is 29.7 Å². The van der Waals surface area contributed by atoms with E-state index in [9.17, 15) is 9.59 Å². The van der Waals surface area contributed by atoms with E-state index in [1.165, 1.54) is 17.1 Å². The number of carbonyl (C=O) groups is 1. The van der Waals surface area contributed by atoms with E-state index in [0.717, 1.165) is 5.56 Å². The summed E-state index contributed by atoms with van der Waals surface area (Å²) >= 11 is 12.9. The van der Waals surface area contributed by atoms with E-state index < -0.39 is 12.1 Å². The number of fused-ring (bicyclic) bond motifs is 1. The second-order valence-corrected chi connectivity index (χ2v) is 10.3. The lowest BCUT2D eigenvalue weighted by Gasteiger charge is -2.14. The number of halogens is 2. The number of nitrogens with two attached hydrogens (primary N) is 1. The minimum absolute atomic E-state index is 0.238. The van der Waals surface area contributed by atoms with Gasteiger partial charge in [-0.3, -0.25) is 9.36 Å². The molecule has 6 rings (SSSR count). The number of nitrogens with zero attached hydrogens (tertiary/aromatic N) is 7. The fourth-order valence-electron chi connectivity index (χ4n) is 5.09. The van der Waals surface area contributed by atoms with Gasteiger partial charge in [0.05, 0.1) is 29.7 Å². The lowest BCUT2D eigenvalue weighted by atomic mass is 10.1. The summed E-state index contributed by atoms with van der Waals surface area (Å²) in [6.07, 6.45) is 2.16. The molecule has 13 nitrogen and oxygen atoms in total. The third kappa shape index (κ3) is 5.24. The highest BCUT2D eigenvalue weighted by Gasteiger charge is 2.30. The Labute approximate surface area is 248 Å². The highest BCUT2D eigenvalue weighted by molar-refractivity contribution is 6.32. The molecule has 15 heteroatoms. The smallest absolute Gasteiger partial charge is 0.409 e. The molecule has 1 atom stereocenters. The maximum atomic E-state index is 13.5. The minimum atomic E-state index is -0.910. The molecule has 0 unspecified atom stereocenters. The number of rotatable bonds is 8. The van der Waals surface area contributed by atoms with Crippen molar-refractivity contribution in [1.29, 1.82) is 0 Å². The van der Waals surface area contributed by atoms with Crippen LogP contribution in [0.25, 0.3) is 28.2 Å². The molecule has 3 aromatic heterocycles. The van der Waals surface area contributed by atoms with Gasteiger partial charge in [0.15, 0.2) is 5.15 Å². The molecule has 0 saturated carbocycles. The Balaban J connectivity index is 1.35. The van der Waals surface area contributed by atoms with Gasteiger partial charge >= 0.3 is 6.09 Å². The van der Waals surface area contributed by atoms with Crippen LogP contribution in [0, 0.1) is 0 Å². The normalized spacial score (nSPS) is 14.2. The molecular formula is C27H23Cl2N9O4. The molecule has 0 bridgehead atoms. The maximum absolute atomic E-state index is 13.5. The third-order valence-corrected chi connectivity index (χ3v) is 7.45. The summed E-state index contributed by atoms with van der Waals surface area (Å²) in [7, 11) is 1.58. The van der Waals surface area contributed by atoms with Gasteiger partial charge in [-0.05, 0) is 65.2 Å². The number of aromatic amines is 1. The molecule has 2 aromatic carbocycles. The van der Waals surface area contributed by atoms with E-state index in [0.29, 0.717) is 76.5 Å². The topological polar surface area (TPSA) is 169 Å². The largest absolute Gasteiger partial charge is 0.410 e. The summed E-state index contributed by atoms with van der Waals surface area (Å²) in [5.74, 6) is 1.47. The van der Waals surface area contributed by atoms with E-state index in [4.69, 9.17) is 43.4 Å². The second kappa shape index (κ2) is 11.4. The van der Waals surface area contributed by atoms with Crippen molar-refractivity contribution in [3.63, 3.8) is 0 Å². The van der Waals surface area contributed by atoms with Crippen LogP contribution in [0.3, 0.4) is 0 Å². The van der Waals surface area contributed by atoms with Crippen LogP contribution in [-0.2, 0) is 17.6 Å². The number of nitrogens with one attached hydrogen (secondary N) is 1. The number of aromatic nitrogens is 8. The van der Waals surface area contributed by atoms with Crippen LogP contribution in [0.4, 0.5) is 4.79 Å². The molecule has 0 radical (unpaired) electrons. The number of aryl methyl sites for hydroxylation is 1. The predicted molar refractivity (Wildman–Crippen MR) is 153 cm³/mol. The molecule has 0 spiro atoms. The van der Waals surface area contributed by atoms with Crippen molar-refractivity contribution in [2.75, 3.05) is 13.7 Å². The molecule has 3 N–H and O–H groups in total. The monoisotopic (exact) mass is 607 g/mol.